The number of hydrogen-bond acceptors (Lipinski definition) is 5. The number of aromatic nitrogens is 1. The van der Waals surface area contributed by atoms with Crippen LogP contribution in [0.5, 0.6) is 0 Å². The zero-order chi connectivity index (χ0) is 21.1. The number of nitrogens with two attached hydrogens (primary N) is 1. The smallest absolute Gasteiger partial charge is 0.264 e. The van der Waals surface area contributed by atoms with E-state index in [1.54, 1.807) is 24.4 Å². The van der Waals surface area contributed by atoms with Gasteiger partial charge in [0.05, 0.1) is 32.7 Å². The van der Waals surface area contributed by atoms with Gasteiger partial charge >= 0.3 is 0 Å². The highest BCUT2D eigenvalue weighted by atomic mass is 35.5. The van der Waals surface area contributed by atoms with E-state index in [-0.39, 0.29) is 17.6 Å². The molecule has 30 heavy (non-hydrogen) atoms. The van der Waals surface area contributed by atoms with Crippen molar-refractivity contribution in [2.75, 3.05) is 5.88 Å². The van der Waals surface area contributed by atoms with Crippen LogP contribution in [0.2, 0.25) is 5.02 Å². The van der Waals surface area contributed by atoms with Crippen LogP contribution in [-0.4, -0.2) is 27.8 Å². The Morgan fingerprint density at radius 2 is 2.10 bits per heavy atom. The van der Waals surface area contributed by atoms with Gasteiger partial charge in [-0.15, -0.1) is 11.6 Å². The van der Waals surface area contributed by atoms with Crippen LogP contribution < -0.4 is 11.1 Å². The number of carbonyl (C=O) groups excluding carboxylic acids is 1. The number of amides is 1. The van der Waals surface area contributed by atoms with Gasteiger partial charge < -0.3 is 11.1 Å². The van der Waals surface area contributed by atoms with Crippen LogP contribution in [-0.2, 0) is 4.79 Å². The van der Waals surface area contributed by atoms with E-state index in [0.717, 1.165) is 16.5 Å². The normalized spacial score (nSPS) is 17.1. The Kier molecular flexibility index (Phi) is 6.03. The minimum Gasteiger partial charge on any atom is -0.386 e. The van der Waals surface area contributed by atoms with Crippen LogP contribution in [0.1, 0.15) is 5.56 Å². The van der Waals surface area contributed by atoms with Crippen molar-refractivity contribution < 1.29 is 4.79 Å². The molecule has 1 aliphatic rings. The Hall–Kier alpha value is -2.87. The number of fused-ring (bicyclic) bond motifs is 1. The van der Waals surface area contributed by atoms with Gasteiger partial charge in [-0.1, -0.05) is 23.7 Å². The monoisotopic (exact) mass is 455 g/mol. The molecule has 1 aromatic heterocycles. The minimum absolute atomic E-state index is 0.122. The van der Waals surface area contributed by atoms with Crippen molar-refractivity contribution in [2.24, 2.45) is 15.7 Å². The molecule has 150 valence electrons. The lowest BCUT2D eigenvalue weighted by Crippen LogP contribution is -2.19. The highest BCUT2D eigenvalue weighted by Gasteiger charge is 2.24. The molecule has 0 bridgehead atoms. The van der Waals surface area contributed by atoms with Crippen molar-refractivity contribution in [3.63, 3.8) is 0 Å². The van der Waals surface area contributed by atoms with Gasteiger partial charge in [0, 0.05) is 11.6 Å². The summed E-state index contributed by atoms with van der Waals surface area (Å²) in [6, 6.07) is 14.8. The van der Waals surface area contributed by atoms with E-state index in [4.69, 9.17) is 28.9 Å². The first-order chi connectivity index (χ1) is 14.5. The molecular formula is C21H15Cl2N5OS. The van der Waals surface area contributed by atoms with E-state index in [2.05, 4.69) is 20.3 Å². The first kappa shape index (κ1) is 20.4. The van der Waals surface area contributed by atoms with Gasteiger partial charge in [-0.2, -0.15) is 0 Å². The largest absolute Gasteiger partial charge is 0.386 e. The average Bonchev–Trinajstić information content (AvgIpc) is 3.09. The summed E-state index contributed by atoms with van der Waals surface area (Å²) in [6.07, 6.45) is 3.57. The van der Waals surface area contributed by atoms with Gasteiger partial charge in [0.25, 0.3) is 5.91 Å². The van der Waals surface area contributed by atoms with E-state index < -0.39 is 0 Å². The molecule has 2 heterocycles. The molecule has 1 aliphatic heterocycles. The predicted molar refractivity (Wildman–Crippen MR) is 126 cm³/mol. The molecule has 1 amide bonds. The Bertz CT molecular complexity index is 1240. The second-order valence-electron chi connectivity index (χ2n) is 6.31. The molecule has 3 N–H and O–H groups in total. The first-order valence-corrected chi connectivity index (χ1v) is 10.6. The summed E-state index contributed by atoms with van der Waals surface area (Å²) in [5.74, 6) is 0.191. The van der Waals surface area contributed by atoms with Crippen LogP contribution in [0.4, 0.5) is 11.4 Å². The lowest BCUT2D eigenvalue weighted by molar-refractivity contribution is -0.115. The number of nitrogens with one attached hydrogen (secondary N) is 1. The number of alkyl halides is 1. The summed E-state index contributed by atoms with van der Waals surface area (Å²) in [7, 11) is 0. The lowest BCUT2D eigenvalue weighted by atomic mass is 10.1. The van der Waals surface area contributed by atoms with E-state index in [0.29, 0.717) is 26.5 Å². The average molecular weight is 456 g/mol. The molecule has 0 unspecified atom stereocenters. The molecule has 0 atom stereocenters. The number of carbonyl (C=O) groups is 1. The number of hydrogen-bond donors (Lipinski definition) is 2. The van der Waals surface area contributed by atoms with Gasteiger partial charge in [0.15, 0.2) is 5.17 Å². The van der Waals surface area contributed by atoms with E-state index in [1.807, 2.05) is 36.4 Å². The van der Waals surface area contributed by atoms with Crippen molar-refractivity contribution in [3.8, 4) is 0 Å². The van der Waals surface area contributed by atoms with Gasteiger partial charge in [0.1, 0.15) is 5.84 Å². The molecule has 0 aliphatic carbocycles. The molecule has 6 nitrogen and oxygen atoms in total. The molecule has 1 fully saturated rings. The van der Waals surface area contributed by atoms with Crippen molar-refractivity contribution in [1.82, 2.24) is 10.3 Å². The molecule has 4 rings (SSSR count). The van der Waals surface area contributed by atoms with E-state index in [1.165, 1.54) is 11.8 Å². The molecule has 0 spiro atoms. The maximum Gasteiger partial charge on any atom is 0.264 e. The molecule has 1 saturated heterocycles. The number of benzene rings is 2. The molecule has 0 saturated carbocycles. The fourth-order valence-electron chi connectivity index (χ4n) is 2.78. The number of thioether (sulfide) groups is 1. The molecule has 0 radical (unpaired) electrons. The summed E-state index contributed by atoms with van der Waals surface area (Å²) in [6.45, 7) is 0. The maximum absolute atomic E-state index is 12.4. The van der Waals surface area contributed by atoms with Crippen molar-refractivity contribution in [1.29, 1.82) is 0 Å². The molecule has 9 heteroatoms. The summed E-state index contributed by atoms with van der Waals surface area (Å²) in [4.78, 5) is 25.9. The fraction of sp³-hybridized carbons (Fsp3) is 0.0476. The van der Waals surface area contributed by atoms with Crippen molar-refractivity contribution >= 4 is 80.2 Å². The molecular weight excluding hydrogens is 441 g/mol. The number of amidine groups is 2. The lowest BCUT2D eigenvalue weighted by Gasteiger charge is -2.02. The standard InChI is InChI=1S/C21H15Cl2N5OS/c22-11-19(24)26-14-4-5-15(23)17(10-14)27-21-28-20(29)18(30-21)9-12-3-6-16-13(8-12)2-1-7-25-16/h1-10H,11H2,(H2,24,26)(H,27,28,29). The zero-order valence-electron chi connectivity index (χ0n) is 15.5. The van der Waals surface area contributed by atoms with Crippen LogP contribution >= 0.6 is 35.0 Å². The second kappa shape index (κ2) is 8.87. The van der Waals surface area contributed by atoms with Gasteiger partial charge in [-0.3, -0.25) is 9.78 Å². The quantitative estimate of drug-likeness (QED) is 0.250. The van der Waals surface area contributed by atoms with Crippen LogP contribution in [0.3, 0.4) is 0 Å². The summed E-state index contributed by atoms with van der Waals surface area (Å²) in [5, 5.41) is 4.63. The van der Waals surface area contributed by atoms with Crippen LogP contribution in [0, 0.1) is 0 Å². The number of aliphatic imine (C=N–C) groups is 2. The minimum atomic E-state index is -0.221. The zero-order valence-corrected chi connectivity index (χ0v) is 17.8. The Morgan fingerprint density at radius 3 is 2.93 bits per heavy atom. The second-order valence-corrected chi connectivity index (χ2v) is 8.01. The van der Waals surface area contributed by atoms with Crippen molar-refractivity contribution in [2.45, 2.75) is 0 Å². The Labute approximate surface area is 186 Å². The first-order valence-electron chi connectivity index (χ1n) is 8.85. The van der Waals surface area contributed by atoms with Gasteiger partial charge in [-0.05, 0) is 59.8 Å². The SMILES string of the molecule is NC(CCl)=Nc1ccc(Cl)c(N=C2NC(=O)C(=Cc3ccc4ncccc4c3)S2)c1. The molecule has 2 aromatic carbocycles. The predicted octanol–water partition coefficient (Wildman–Crippen LogP) is 5.01. The number of nitrogens with zero attached hydrogens (tertiary/aromatic N) is 3. The number of rotatable bonds is 4. The molecule has 3 aromatic rings. The maximum atomic E-state index is 12.4. The van der Waals surface area contributed by atoms with E-state index >= 15 is 0 Å². The van der Waals surface area contributed by atoms with Crippen molar-refractivity contribution in [3.05, 3.63) is 70.2 Å². The van der Waals surface area contributed by atoms with Crippen LogP contribution in [0.25, 0.3) is 17.0 Å². The summed E-state index contributed by atoms with van der Waals surface area (Å²) in [5.41, 5.74) is 8.53. The highest BCUT2D eigenvalue weighted by Crippen LogP contribution is 2.33. The fourth-order valence-corrected chi connectivity index (χ4v) is 3.83. The topological polar surface area (TPSA) is 92.7 Å². The number of pyridine rings is 1. The third-order valence-corrected chi connectivity index (χ3v) is 5.64. The third kappa shape index (κ3) is 4.64. The van der Waals surface area contributed by atoms with E-state index in [9.17, 15) is 4.79 Å². The Morgan fingerprint density at radius 1 is 1.23 bits per heavy atom. The summed E-state index contributed by atoms with van der Waals surface area (Å²) < 4.78 is 0. The third-order valence-electron chi connectivity index (χ3n) is 4.14. The highest BCUT2D eigenvalue weighted by molar-refractivity contribution is 8.18. The van der Waals surface area contributed by atoms with Crippen LogP contribution in [0.15, 0.2) is 69.6 Å². The van der Waals surface area contributed by atoms with Gasteiger partial charge in [-0.25, -0.2) is 9.98 Å². The Balaban J connectivity index is 1.60. The summed E-state index contributed by atoms with van der Waals surface area (Å²) >= 11 is 13.2. The van der Waals surface area contributed by atoms with Gasteiger partial charge in [0.2, 0.25) is 0 Å². The number of halogens is 2.